The first kappa shape index (κ1) is 25.8. The van der Waals surface area contributed by atoms with Gasteiger partial charge in [-0.05, 0) is 50.7 Å². The van der Waals surface area contributed by atoms with Crippen LogP contribution in [0.4, 0.5) is 25.2 Å². The molecule has 192 valence electrons. The van der Waals surface area contributed by atoms with Crippen molar-refractivity contribution in [3.63, 3.8) is 0 Å². The molecule has 3 aliphatic rings. The third-order valence-electron chi connectivity index (χ3n) is 6.07. The zero-order valence-electron chi connectivity index (χ0n) is 18.7. The number of nitrogens with zero attached hydrogens (tertiary/aromatic N) is 5. The molecule has 0 N–H and O–H groups in total. The Hall–Kier alpha value is -1.32. The summed E-state index contributed by atoms with van der Waals surface area (Å²) < 4.78 is 74.3. The fourth-order valence-electron chi connectivity index (χ4n) is 4.76. The minimum Gasteiger partial charge on any atom is -0.271 e. The van der Waals surface area contributed by atoms with Gasteiger partial charge in [-0.25, -0.2) is 4.98 Å². The van der Waals surface area contributed by atoms with Gasteiger partial charge in [0.1, 0.15) is 6.33 Å². The van der Waals surface area contributed by atoms with Crippen LogP contribution >= 0.6 is 15.8 Å². The zero-order valence-corrected chi connectivity index (χ0v) is 20.5. The van der Waals surface area contributed by atoms with Gasteiger partial charge in [0.15, 0.2) is 0 Å². The number of aromatic nitrogens is 2. The van der Waals surface area contributed by atoms with Crippen LogP contribution < -0.4 is 4.52 Å². The summed E-state index contributed by atoms with van der Waals surface area (Å²) in [5.74, 6) is 0.764. The molecule has 0 bridgehead atoms. The summed E-state index contributed by atoms with van der Waals surface area (Å²) in [5, 5.41) is 1.03. The zero-order chi connectivity index (χ0) is 24.5. The molecule has 6 nitrogen and oxygen atoms in total. The van der Waals surface area contributed by atoms with E-state index in [0.29, 0.717) is 0 Å². The Morgan fingerprint density at radius 1 is 0.676 bits per heavy atom. The summed E-state index contributed by atoms with van der Waals surface area (Å²) in [4.78, 5) is 9.07. The van der Waals surface area contributed by atoms with Gasteiger partial charge < -0.3 is 0 Å². The Morgan fingerprint density at radius 2 is 1.09 bits per heavy atom. The Bertz CT molecular complexity index is 937. The van der Waals surface area contributed by atoms with Crippen molar-refractivity contribution >= 4 is 26.7 Å². The van der Waals surface area contributed by atoms with Crippen molar-refractivity contribution in [1.82, 2.24) is 24.0 Å². The van der Waals surface area contributed by atoms with E-state index < -0.39 is 15.8 Å². The molecule has 3 saturated heterocycles. The molecule has 1 aromatic heterocycles. The number of fused-ring (bicyclic) bond motifs is 1. The molecule has 0 atom stereocenters. The molecule has 0 aliphatic carbocycles. The average Bonchev–Trinajstić information content (AvgIpc) is 3.54. The van der Waals surface area contributed by atoms with E-state index in [9.17, 15) is 25.2 Å². The van der Waals surface area contributed by atoms with Gasteiger partial charge in [-0.3, -0.25) is 4.52 Å². The van der Waals surface area contributed by atoms with Gasteiger partial charge in [0.25, 0.3) is 5.88 Å². The fourth-order valence-corrected chi connectivity index (χ4v) is 8.97. The molecule has 4 heterocycles. The maximum absolute atomic E-state index is 10.7. The van der Waals surface area contributed by atoms with Crippen LogP contribution in [0.5, 0.6) is 5.88 Å². The minimum absolute atomic E-state index is 0.764. The monoisotopic (exact) mass is 531 g/mol. The van der Waals surface area contributed by atoms with Crippen molar-refractivity contribution in [2.75, 3.05) is 39.3 Å². The van der Waals surface area contributed by atoms with Crippen LogP contribution in [0.2, 0.25) is 0 Å². The second kappa shape index (κ2) is 8.96. The van der Waals surface area contributed by atoms with Crippen LogP contribution in [0.15, 0.2) is 30.6 Å². The normalized spacial score (nSPS) is 22.9. The van der Waals surface area contributed by atoms with E-state index in [1.165, 1.54) is 38.5 Å². The standard InChI is InChI=1S/C20H29N5OP.F6P/c1-2-10-19-18(9-1)20(22-17-21-19)26-27(23-11-3-4-12-23,24-13-5-6-14-24)25-15-7-8-16-25;1-7(2,3,4,5)6/h1-2,9-10,17H,3-8,11-16H2;/q+1;-1. The third-order valence-corrected chi connectivity index (χ3v) is 9.90. The Labute approximate surface area is 195 Å². The molecule has 0 saturated carbocycles. The minimum atomic E-state index is -10.7. The summed E-state index contributed by atoms with van der Waals surface area (Å²) >= 11 is 0. The number of rotatable bonds is 5. The van der Waals surface area contributed by atoms with E-state index in [1.54, 1.807) is 6.33 Å². The fraction of sp³-hybridized carbons (Fsp3) is 0.600. The van der Waals surface area contributed by atoms with E-state index in [0.717, 1.165) is 56.1 Å². The van der Waals surface area contributed by atoms with Crippen molar-refractivity contribution < 1.29 is 29.7 Å². The van der Waals surface area contributed by atoms with Crippen LogP contribution in [0.25, 0.3) is 10.9 Å². The molecule has 0 radical (unpaired) electrons. The maximum atomic E-state index is 9.87. The van der Waals surface area contributed by atoms with Crippen LogP contribution in [-0.4, -0.2) is 63.2 Å². The Morgan fingerprint density at radius 3 is 1.53 bits per heavy atom. The molecule has 0 unspecified atom stereocenters. The first-order chi connectivity index (χ1) is 15.8. The van der Waals surface area contributed by atoms with Gasteiger partial charge >= 0.3 is 40.9 Å². The average molecular weight is 531 g/mol. The van der Waals surface area contributed by atoms with Crippen LogP contribution in [-0.2, 0) is 0 Å². The Balaban J connectivity index is 0.000000344. The summed E-state index contributed by atoms with van der Waals surface area (Å²) in [7, 11) is -12.7. The number of hydrogen-bond donors (Lipinski definition) is 0. The predicted octanol–water partition coefficient (Wildman–Crippen LogP) is 7.36. The first-order valence-electron chi connectivity index (χ1n) is 11.4. The van der Waals surface area contributed by atoms with Gasteiger partial charge in [0.05, 0.1) is 10.9 Å². The van der Waals surface area contributed by atoms with Crippen molar-refractivity contribution in [3.05, 3.63) is 30.6 Å². The number of hydrogen-bond acceptors (Lipinski definition) is 6. The summed E-state index contributed by atoms with van der Waals surface area (Å²) in [5.41, 5.74) is 0.963. The molecule has 5 rings (SSSR count). The molecule has 3 aliphatic heterocycles. The van der Waals surface area contributed by atoms with Crippen molar-refractivity contribution in [2.24, 2.45) is 0 Å². The van der Waals surface area contributed by atoms with Crippen molar-refractivity contribution in [3.8, 4) is 5.88 Å². The first-order valence-corrected chi connectivity index (χ1v) is 15.0. The molecule has 34 heavy (non-hydrogen) atoms. The molecule has 14 heteroatoms. The summed E-state index contributed by atoms with van der Waals surface area (Å²) in [6.45, 7) is 6.86. The SMILES string of the molecule is F[P-](F)(F)(F)(F)F.c1ccc2c(O[P+](N3CCCC3)(N3CCCC3)N3CCCC3)ncnc2c1. The molecular weight excluding hydrogens is 502 g/mol. The summed E-state index contributed by atoms with van der Waals surface area (Å²) in [6, 6.07) is 8.23. The van der Waals surface area contributed by atoms with E-state index >= 15 is 0 Å². The van der Waals surface area contributed by atoms with E-state index in [-0.39, 0.29) is 0 Å². The van der Waals surface area contributed by atoms with E-state index in [1.807, 2.05) is 12.1 Å². The quantitative estimate of drug-likeness (QED) is 0.297. The molecule has 0 amide bonds. The van der Waals surface area contributed by atoms with Crippen LogP contribution in [0, 0.1) is 0 Å². The van der Waals surface area contributed by atoms with E-state index in [2.05, 4.69) is 36.1 Å². The molecule has 3 fully saturated rings. The van der Waals surface area contributed by atoms with Gasteiger partial charge in [-0.15, -0.1) is 14.0 Å². The third kappa shape index (κ3) is 6.66. The number of halogens is 6. The van der Waals surface area contributed by atoms with Gasteiger partial charge in [-0.1, -0.05) is 12.1 Å². The van der Waals surface area contributed by atoms with Crippen LogP contribution in [0.1, 0.15) is 38.5 Å². The molecular formula is C20H29F6N5OP2. The second-order valence-electron chi connectivity index (χ2n) is 8.74. The second-order valence-corrected chi connectivity index (χ2v) is 13.6. The van der Waals surface area contributed by atoms with Gasteiger partial charge in [0.2, 0.25) is 0 Å². The largest absolute Gasteiger partial charge is 0.420 e. The smallest absolute Gasteiger partial charge is 0.271 e. The van der Waals surface area contributed by atoms with E-state index in [4.69, 9.17) is 4.52 Å². The van der Waals surface area contributed by atoms with Crippen LogP contribution in [0.3, 0.4) is 0 Å². The predicted molar refractivity (Wildman–Crippen MR) is 123 cm³/mol. The van der Waals surface area contributed by atoms with Crippen molar-refractivity contribution in [1.29, 1.82) is 0 Å². The molecule has 0 spiro atoms. The van der Waals surface area contributed by atoms with Gasteiger partial charge in [-0.2, -0.15) is 4.98 Å². The maximum Gasteiger partial charge on any atom is 0.420 e. The topological polar surface area (TPSA) is 44.7 Å². The van der Waals surface area contributed by atoms with Gasteiger partial charge in [0, 0.05) is 39.3 Å². The molecule has 2 aromatic rings. The Kier molecular flexibility index (Phi) is 6.79. The molecule has 1 aromatic carbocycles. The summed E-state index contributed by atoms with van der Waals surface area (Å²) in [6.07, 6.45) is 9.31. The number of benzene rings is 1. The number of para-hydroxylation sites is 1. The van der Waals surface area contributed by atoms with Crippen molar-refractivity contribution in [2.45, 2.75) is 38.5 Å².